The second-order valence-corrected chi connectivity index (χ2v) is 9.03. The zero-order valence-corrected chi connectivity index (χ0v) is 21.3. The number of hydrogen-bond donors (Lipinski definition) is 1. The Morgan fingerprint density at radius 1 is 1.06 bits per heavy atom. The highest BCUT2D eigenvalue weighted by Gasteiger charge is 2.45. The van der Waals surface area contributed by atoms with Gasteiger partial charge < -0.3 is 14.7 Å². The van der Waals surface area contributed by atoms with E-state index in [1.165, 1.54) is 12.1 Å². The summed E-state index contributed by atoms with van der Waals surface area (Å²) in [7, 11) is 3.52. The van der Waals surface area contributed by atoms with E-state index in [1.807, 2.05) is 36.2 Å². The van der Waals surface area contributed by atoms with Crippen molar-refractivity contribution in [1.82, 2.24) is 9.80 Å². The molecule has 7 heteroatoms. The van der Waals surface area contributed by atoms with Gasteiger partial charge in [0.05, 0.1) is 13.0 Å². The number of benzene rings is 2. The van der Waals surface area contributed by atoms with Gasteiger partial charge in [-0.2, -0.15) is 0 Å². The zero-order chi connectivity index (χ0) is 25.8. The molecule has 192 valence electrons. The topological polar surface area (TPSA) is 70.1 Å². The lowest BCUT2D eigenvalue weighted by Gasteiger charge is -2.24. The standard InChI is InChI=1S/C19H20FNO3.C9H19NO/c1-21-11-16(12-3-7-14(20)8-4-12)17(19(22)23)18(21)13-5-9-15(24-2)10-6-13;1-3-5-7-10(9-11)8-6-4-2/h3-10,16-18H,11H2,1-2H3,(H,22,23);9H,3-8H2,1-2H3. The molecule has 1 fully saturated rings. The number of amides is 1. The number of carbonyl (C=O) groups excluding carboxylic acids is 1. The molecule has 0 aliphatic carbocycles. The summed E-state index contributed by atoms with van der Waals surface area (Å²) in [6.07, 6.45) is 5.54. The van der Waals surface area contributed by atoms with Crippen LogP contribution in [0.3, 0.4) is 0 Å². The first-order valence-corrected chi connectivity index (χ1v) is 12.4. The van der Waals surface area contributed by atoms with Crippen LogP contribution in [-0.2, 0) is 9.59 Å². The lowest BCUT2D eigenvalue weighted by molar-refractivity contribution is -0.143. The van der Waals surface area contributed by atoms with Crippen molar-refractivity contribution in [2.45, 2.75) is 51.5 Å². The average molecular weight is 487 g/mol. The maximum Gasteiger partial charge on any atom is 0.309 e. The summed E-state index contributed by atoms with van der Waals surface area (Å²) in [4.78, 5) is 26.3. The predicted octanol–water partition coefficient (Wildman–Crippen LogP) is 5.35. The van der Waals surface area contributed by atoms with Crippen molar-refractivity contribution in [2.24, 2.45) is 5.92 Å². The normalized spacial score (nSPS) is 19.5. The fourth-order valence-electron chi connectivity index (χ4n) is 4.56. The Labute approximate surface area is 208 Å². The molecule has 2 aromatic carbocycles. The molecule has 1 amide bonds. The zero-order valence-electron chi connectivity index (χ0n) is 21.3. The molecule has 35 heavy (non-hydrogen) atoms. The molecular weight excluding hydrogens is 447 g/mol. The number of nitrogens with zero attached hydrogens (tertiary/aromatic N) is 2. The third-order valence-corrected chi connectivity index (χ3v) is 6.52. The Morgan fingerprint density at radius 3 is 2.06 bits per heavy atom. The van der Waals surface area contributed by atoms with Crippen LogP contribution in [0.5, 0.6) is 5.75 Å². The summed E-state index contributed by atoms with van der Waals surface area (Å²) < 4.78 is 18.3. The lowest BCUT2D eigenvalue weighted by atomic mass is 9.83. The van der Waals surface area contributed by atoms with Crippen LogP contribution in [0, 0.1) is 11.7 Å². The van der Waals surface area contributed by atoms with Crippen LogP contribution < -0.4 is 4.74 Å². The number of methoxy groups -OCH3 is 1. The highest BCUT2D eigenvalue weighted by atomic mass is 19.1. The predicted molar refractivity (Wildman–Crippen MR) is 136 cm³/mol. The van der Waals surface area contributed by atoms with E-state index >= 15 is 0 Å². The summed E-state index contributed by atoms with van der Waals surface area (Å²) in [5.41, 5.74) is 1.79. The minimum Gasteiger partial charge on any atom is -0.497 e. The van der Waals surface area contributed by atoms with E-state index in [0.717, 1.165) is 62.1 Å². The summed E-state index contributed by atoms with van der Waals surface area (Å²) in [6, 6.07) is 13.4. The largest absolute Gasteiger partial charge is 0.497 e. The molecule has 1 N–H and O–H groups in total. The Kier molecular flexibility index (Phi) is 11.7. The first-order chi connectivity index (χ1) is 16.9. The van der Waals surface area contributed by atoms with Crippen molar-refractivity contribution in [2.75, 3.05) is 33.8 Å². The van der Waals surface area contributed by atoms with Gasteiger partial charge in [-0.1, -0.05) is 51.0 Å². The molecule has 1 aliphatic rings. The number of likely N-dealkylation sites (N-methyl/N-ethyl adjacent to an activating group) is 1. The highest BCUT2D eigenvalue weighted by molar-refractivity contribution is 5.73. The summed E-state index contributed by atoms with van der Waals surface area (Å²) in [5.74, 6) is -1.19. The number of rotatable bonds is 11. The van der Waals surface area contributed by atoms with Crippen LogP contribution in [-0.4, -0.2) is 61.1 Å². The smallest absolute Gasteiger partial charge is 0.309 e. The average Bonchev–Trinajstić information content (AvgIpc) is 3.22. The molecule has 0 saturated carbocycles. The fraction of sp³-hybridized carbons (Fsp3) is 0.500. The third kappa shape index (κ3) is 8.06. The van der Waals surface area contributed by atoms with Crippen molar-refractivity contribution in [3.8, 4) is 5.75 Å². The molecule has 0 aromatic heterocycles. The van der Waals surface area contributed by atoms with E-state index < -0.39 is 11.9 Å². The van der Waals surface area contributed by atoms with E-state index in [4.69, 9.17) is 4.74 Å². The third-order valence-electron chi connectivity index (χ3n) is 6.52. The Balaban J connectivity index is 0.000000334. The molecule has 3 atom stereocenters. The maximum atomic E-state index is 13.2. The van der Waals surface area contributed by atoms with Gasteiger partial charge in [-0.25, -0.2) is 4.39 Å². The van der Waals surface area contributed by atoms with Crippen molar-refractivity contribution in [3.05, 3.63) is 65.5 Å². The van der Waals surface area contributed by atoms with Crippen molar-refractivity contribution in [3.63, 3.8) is 0 Å². The highest BCUT2D eigenvalue weighted by Crippen LogP contribution is 2.45. The minimum atomic E-state index is -0.838. The van der Waals surface area contributed by atoms with Gasteiger partial charge in [0.1, 0.15) is 11.6 Å². The first-order valence-electron chi connectivity index (χ1n) is 12.4. The van der Waals surface area contributed by atoms with E-state index in [-0.39, 0.29) is 17.8 Å². The van der Waals surface area contributed by atoms with Crippen LogP contribution in [0.25, 0.3) is 0 Å². The summed E-state index contributed by atoms with van der Waals surface area (Å²) >= 11 is 0. The number of aliphatic carboxylic acids is 1. The van der Waals surface area contributed by atoms with Gasteiger partial charge in [0.15, 0.2) is 0 Å². The number of halogens is 1. The first kappa shape index (κ1) is 28.3. The van der Waals surface area contributed by atoms with E-state index in [9.17, 15) is 19.1 Å². The number of likely N-dealkylation sites (tertiary alicyclic amines) is 1. The van der Waals surface area contributed by atoms with Gasteiger partial charge in [0.2, 0.25) is 6.41 Å². The Hall–Kier alpha value is -2.93. The molecule has 2 aromatic rings. The Bertz CT molecular complexity index is 896. The summed E-state index contributed by atoms with van der Waals surface area (Å²) in [6.45, 7) is 6.75. The monoisotopic (exact) mass is 486 g/mol. The van der Waals surface area contributed by atoms with Gasteiger partial charge in [0.25, 0.3) is 0 Å². The quantitative estimate of drug-likeness (QED) is 0.434. The van der Waals surface area contributed by atoms with Crippen molar-refractivity contribution < 1.29 is 23.8 Å². The SMILES string of the molecule is CCCCN(C=O)CCCC.COc1ccc(C2C(C(=O)O)C(c3ccc(F)cc3)CN2C)cc1. The van der Waals surface area contributed by atoms with Gasteiger partial charge in [0, 0.05) is 31.6 Å². The maximum absolute atomic E-state index is 13.2. The molecule has 3 unspecified atom stereocenters. The second-order valence-electron chi connectivity index (χ2n) is 9.03. The van der Waals surface area contributed by atoms with Crippen molar-refractivity contribution >= 4 is 12.4 Å². The Morgan fingerprint density at radius 2 is 1.60 bits per heavy atom. The van der Waals surface area contributed by atoms with E-state index in [2.05, 4.69) is 18.7 Å². The number of ether oxygens (including phenoxy) is 1. The molecular formula is C28H39FN2O4. The molecule has 0 spiro atoms. The van der Waals surface area contributed by atoms with Crippen LogP contribution in [0.1, 0.15) is 62.6 Å². The van der Waals surface area contributed by atoms with Crippen LogP contribution >= 0.6 is 0 Å². The second kappa shape index (κ2) is 14.5. The molecule has 3 rings (SSSR count). The number of unbranched alkanes of at least 4 members (excludes halogenated alkanes) is 2. The number of carboxylic acid groups (broad SMARTS) is 1. The molecule has 1 aliphatic heterocycles. The molecule has 6 nitrogen and oxygen atoms in total. The van der Waals surface area contributed by atoms with Crippen molar-refractivity contribution in [1.29, 1.82) is 0 Å². The molecule has 0 radical (unpaired) electrons. The summed E-state index contributed by atoms with van der Waals surface area (Å²) in [5, 5.41) is 9.82. The number of carbonyl (C=O) groups is 2. The van der Waals surface area contributed by atoms with Crippen LogP contribution in [0.4, 0.5) is 4.39 Å². The minimum absolute atomic E-state index is 0.180. The van der Waals surface area contributed by atoms with Crippen LogP contribution in [0.15, 0.2) is 48.5 Å². The van der Waals surface area contributed by atoms with Gasteiger partial charge in [-0.05, 0) is 55.3 Å². The van der Waals surface area contributed by atoms with E-state index in [1.54, 1.807) is 19.2 Å². The molecule has 1 heterocycles. The van der Waals surface area contributed by atoms with Gasteiger partial charge in [-0.15, -0.1) is 0 Å². The number of carboxylic acids is 1. The van der Waals surface area contributed by atoms with Crippen LogP contribution in [0.2, 0.25) is 0 Å². The molecule has 1 saturated heterocycles. The van der Waals surface area contributed by atoms with Gasteiger partial charge >= 0.3 is 5.97 Å². The lowest BCUT2D eigenvalue weighted by Crippen LogP contribution is -2.26. The van der Waals surface area contributed by atoms with E-state index in [0.29, 0.717) is 6.54 Å². The molecule has 0 bridgehead atoms. The van der Waals surface area contributed by atoms with Gasteiger partial charge in [-0.3, -0.25) is 14.5 Å². The fourth-order valence-corrected chi connectivity index (χ4v) is 4.56. The number of hydrogen-bond acceptors (Lipinski definition) is 4.